The van der Waals surface area contributed by atoms with Gasteiger partial charge in [0, 0.05) is 6.07 Å². The van der Waals surface area contributed by atoms with Crippen LogP contribution in [0.3, 0.4) is 0 Å². The zero-order valence-electron chi connectivity index (χ0n) is 15.3. The number of amides is 1. The second-order valence-electron chi connectivity index (χ2n) is 6.50. The first kappa shape index (κ1) is 19.6. The van der Waals surface area contributed by atoms with Crippen molar-refractivity contribution < 1.29 is 24.0 Å². The van der Waals surface area contributed by atoms with Gasteiger partial charge in [-0.1, -0.05) is 20.8 Å². The first-order valence-corrected chi connectivity index (χ1v) is 8.58. The maximum atomic E-state index is 12.7. The Bertz CT molecular complexity index is 706. The highest BCUT2D eigenvalue weighted by molar-refractivity contribution is 6.03. The molecule has 0 spiro atoms. The molecule has 0 saturated carbocycles. The van der Waals surface area contributed by atoms with Gasteiger partial charge in [0.15, 0.2) is 11.9 Å². The normalized spacial score (nSPS) is 17.5. The van der Waals surface area contributed by atoms with E-state index in [9.17, 15) is 19.7 Å². The number of esters is 1. The molecule has 2 rings (SSSR count). The van der Waals surface area contributed by atoms with E-state index in [-0.39, 0.29) is 18.2 Å². The molecule has 1 aliphatic heterocycles. The van der Waals surface area contributed by atoms with E-state index in [0.717, 1.165) is 4.90 Å². The van der Waals surface area contributed by atoms with Gasteiger partial charge < -0.3 is 19.6 Å². The number of anilines is 1. The van der Waals surface area contributed by atoms with Crippen LogP contribution in [0.2, 0.25) is 0 Å². The Morgan fingerprint density at radius 1 is 1.42 bits per heavy atom. The first-order chi connectivity index (χ1) is 12.3. The number of fused-ring (bicyclic) bond motifs is 1. The molecule has 0 N–H and O–H groups in total. The van der Waals surface area contributed by atoms with Gasteiger partial charge in [-0.05, 0) is 41.7 Å². The third-order valence-electron chi connectivity index (χ3n) is 4.06. The fourth-order valence-corrected chi connectivity index (χ4v) is 2.51. The summed E-state index contributed by atoms with van der Waals surface area (Å²) in [4.78, 5) is 40.5. The minimum atomic E-state index is -0.971. The zero-order valence-corrected chi connectivity index (χ0v) is 15.3. The van der Waals surface area contributed by atoms with Gasteiger partial charge in [-0.2, -0.15) is 0 Å². The molecule has 0 fully saturated rings. The van der Waals surface area contributed by atoms with Crippen molar-refractivity contribution in [3.8, 4) is 5.75 Å². The number of hydrogen-bond donors (Lipinski definition) is 0. The monoisotopic (exact) mass is 365 g/mol. The van der Waals surface area contributed by atoms with E-state index in [2.05, 4.69) is 4.98 Å². The van der Waals surface area contributed by atoms with Crippen molar-refractivity contribution in [2.45, 2.75) is 52.7 Å². The third kappa shape index (κ3) is 4.09. The molecule has 0 saturated heterocycles. The van der Waals surface area contributed by atoms with E-state index >= 15 is 0 Å². The van der Waals surface area contributed by atoms with Gasteiger partial charge in [-0.25, -0.2) is 4.79 Å². The SMILES string of the molecule is CCC1Oc2ccc([N+](=O)[O-])nc2N(C(C)C(=O)OCCC(C)C)C1=O. The number of hydrogen-bond acceptors (Lipinski definition) is 7. The summed E-state index contributed by atoms with van der Waals surface area (Å²) in [7, 11) is 0. The van der Waals surface area contributed by atoms with Crippen LogP contribution in [0.5, 0.6) is 5.75 Å². The molecule has 1 aromatic rings. The van der Waals surface area contributed by atoms with E-state index in [1.165, 1.54) is 19.1 Å². The van der Waals surface area contributed by atoms with Gasteiger partial charge in [0.05, 0.1) is 6.61 Å². The highest BCUT2D eigenvalue weighted by Crippen LogP contribution is 2.36. The number of rotatable bonds is 7. The number of nitro groups is 1. The topological polar surface area (TPSA) is 112 Å². The third-order valence-corrected chi connectivity index (χ3v) is 4.06. The summed E-state index contributed by atoms with van der Waals surface area (Å²) in [5, 5.41) is 11.0. The van der Waals surface area contributed by atoms with E-state index in [0.29, 0.717) is 18.8 Å². The molecule has 0 aromatic carbocycles. The molecule has 0 aliphatic carbocycles. The number of aromatic nitrogens is 1. The lowest BCUT2D eigenvalue weighted by Crippen LogP contribution is -2.53. The van der Waals surface area contributed by atoms with E-state index in [1.807, 2.05) is 13.8 Å². The van der Waals surface area contributed by atoms with Gasteiger partial charge in [-0.3, -0.25) is 9.69 Å². The molecule has 0 bridgehead atoms. The van der Waals surface area contributed by atoms with Crippen LogP contribution in [0.4, 0.5) is 11.6 Å². The van der Waals surface area contributed by atoms with Crippen LogP contribution < -0.4 is 9.64 Å². The fourth-order valence-electron chi connectivity index (χ4n) is 2.51. The average Bonchev–Trinajstić information content (AvgIpc) is 2.59. The lowest BCUT2D eigenvalue weighted by molar-refractivity contribution is -0.389. The maximum Gasteiger partial charge on any atom is 0.366 e. The number of pyridine rings is 1. The number of nitrogens with zero attached hydrogens (tertiary/aromatic N) is 3. The minimum absolute atomic E-state index is 0.0396. The Hall–Kier alpha value is -2.71. The first-order valence-electron chi connectivity index (χ1n) is 8.58. The van der Waals surface area contributed by atoms with Crippen molar-refractivity contribution in [1.29, 1.82) is 0 Å². The van der Waals surface area contributed by atoms with Gasteiger partial charge in [-0.15, -0.1) is 0 Å². The van der Waals surface area contributed by atoms with Crippen molar-refractivity contribution >= 4 is 23.5 Å². The molecule has 1 amide bonds. The van der Waals surface area contributed by atoms with Gasteiger partial charge in [0.1, 0.15) is 6.04 Å². The zero-order chi connectivity index (χ0) is 19.4. The van der Waals surface area contributed by atoms with Crippen LogP contribution in [0.15, 0.2) is 12.1 Å². The fraction of sp³-hybridized carbons (Fsp3) is 0.588. The Morgan fingerprint density at radius 3 is 2.69 bits per heavy atom. The molecule has 2 unspecified atom stereocenters. The summed E-state index contributed by atoms with van der Waals surface area (Å²) < 4.78 is 10.8. The Morgan fingerprint density at radius 2 is 2.12 bits per heavy atom. The summed E-state index contributed by atoms with van der Waals surface area (Å²) in [5.74, 6) is -0.930. The Kier molecular flexibility index (Phi) is 6.12. The van der Waals surface area contributed by atoms with Crippen LogP contribution in [0, 0.1) is 16.0 Å². The highest BCUT2D eigenvalue weighted by Gasteiger charge is 2.43. The molecule has 1 aromatic heterocycles. The lowest BCUT2D eigenvalue weighted by atomic mass is 10.1. The number of carbonyl (C=O) groups is 2. The quantitative estimate of drug-likeness (QED) is 0.414. The Balaban J connectivity index is 2.32. The summed E-state index contributed by atoms with van der Waals surface area (Å²) in [6.07, 6.45) is 0.311. The standard InChI is InChI=1S/C17H23N3O6/c1-5-12-16(21)19(11(4)17(22)25-9-8-10(2)3)15-13(26-12)6-7-14(18-15)20(23)24/h6-7,10-12H,5,8-9H2,1-4H3. The van der Waals surface area contributed by atoms with Crippen LogP contribution in [0.1, 0.15) is 40.5 Å². The van der Waals surface area contributed by atoms with E-state index < -0.39 is 34.8 Å². The lowest BCUT2D eigenvalue weighted by Gasteiger charge is -2.33. The van der Waals surface area contributed by atoms with Crippen LogP contribution >= 0.6 is 0 Å². The number of ether oxygens (including phenoxy) is 2. The van der Waals surface area contributed by atoms with Crippen molar-refractivity contribution in [2.75, 3.05) is 11.5 Å². The van der Waals surface area contributed by atoms with Crippen LogP contribution in [0.25, 0.3) is 0 Å². The summed E-state index contributed by atoms with van der Waals surface area (Å²) >= 11 is 0. The summed E-state index contributed by atoms with van der Waals surface area (Å²) in [6.45, 7) is 7.54. The molecule has 9 nitrogen and oxygen atoms in total. The smallest absolute Gasteiger partial charge is 0.366 e. The molecule has 2 heterocycles. The molecular formula is C17H23N3O6. The molecule has 26 heavy (non-hydrogen) atoms. The van der Waals surface area contributed by atoms with Crippen LogP contribution in [-0.4, -0.2) is 40.5 Å². The summed E-state index contributed by atoms with van der Waals surface area (Å²) in [5.41, 5.74) is 0. The Labute approximate surface area is 151 Å². The predicted octanol–water partition coefficient (Wildman–Crippen LogP) is 2.47. The number of carbonyl (C=O) groups excluding carboxylic acids is 2. The van der Waals surface area contributed by atoms with Crippen molar-refractivity contribution in [1.82, 2.24) is 4.98 Å². The van der Waals surface area contributed by atoms with Crippen molar-refractivity contribution in [3.63, 3.8) is 0 Å². The molecule has 9 heteroatoms. The van der Waals surface area contributed by atoms with Crippen molar-refractivity contribution in [3.05, 3.63) is 22.2 Å². The van der Waals surface area contributed by atoms with Gasteiger partial charge in [0.25, 0.3) is 11.7 Å². The molecule has 142 valence electrons. The molecular weight excluding hydrogens is 342 g/mol. The predicted molar refractivity (Wildman–Crippen MR) is 93.0 cm³/mol. The van der Waals surface area contributed by atoms with Gasteiger partial charge in [0.2, 0.25) is 0 Å². The minimum Gasteiger partial charge on any atom is -0.474 e. The summed E-state index contributed by atoms with van der Waals surface area (Å²) in [6, 6.07) is 1.62. The largest absolute Gasteiger partial charge is 0.474 e. The molecule has 2 atom stereocenters. The van der Waals surface area contributed by atoms with Crippen LogP contribution in [-0.2, 0) is 14.3 Å². The maximum absolute atomic E-state index is 12.7. The average molecular weight is 365 g/mol. The highest BCUT2D eigenvalue weighted by atomic mass is 16.6. The second-order valence-corrected chi connectivity index (χ2v) is 6.50. The van der Waals surface area contributed by atoms with Crippen molar-refractivity contribution in [2.24, 2.45) is 5.92 Å². The molecule has 1 aliphatic rings. The molecule has 0 radical (unpaired) electrons. The van der Waals surface area contributed by atoms with E-state index in [1.54, 1.807) is 6.92 Å². The second kappa shape index (κ2) is 8.11. The van der Waals surface area contributed by atoms with E-state index in [4.69, 9.17) is 9.47 Å². The van der Waals surface area contributed by atoms with Gasteiger partial charge >= 0.3 is 11.8 Å².